The highest BCUT2D eigenvalue weighted by molar-refractivity contribution is 9.10. The largest absolute Gasteiger partial charge is 0.311 e. The summed E-state index contributed by atoms with van der Waals surface area (Å²) in [5.74, 6) is 0.873. The van der Waals surface area contributed by atoms with Crippen LogP contribution in [0.1, 0.15) is 18.9 Å². The number of aryl methyl sites for hydroxylation is 1. The third-order valence-electron chi connectivity index (χ3n) is 5.14. The smallest absolute Gasteiger partial charge is 0.240 e. The van der Waals surface area contributed by atoms with Crippen LogP contribution in [-0.4, -0.2) is 32.5 Å². The lowest BCUT2D eigenvalue weighted by Gasteiger charge is -2.31. The van der Waals surface area contributed by atoms with E-state index in [1.807, 2.05) is 64.9 Å². The molecule has 5 nitrogen and oxygen atoms in total. The Morgan fingerprint density at radius 3 is 2.77 bits per heavy atom. The number of carbonyl (C=O) groups is 1. The fourth-order valence-corrected chi connectivity index (χ4v) is 4.86. The summed E-state index contributed by atoms with van der Waals surface area (Å²) in [7, 11) is 0. The van der Waals surface area contributed by atoms with E-state index >= 15 is 0 Å². The Morgan fingerprint density at radius 2 is 2.00 bits per heavy atom. The van der Waals surface area contributed by atoms with Crippen molar-refractivity contribution < 1.29 is 4.79 Å². The third-order valence-corrected chi connectivity index (χ3v) is 6.73. The van der Waals surface area contributed by atoms with Gasteiger partial charge < -0.3 is 4.90 Å². The molecule has 2 aromatic carbocycles. The average molecular weight is 483 g/mol. The van der Waals surface area contributed by atoms with Gasteiger partial charge in [0, 0.05) is 28.8 Å². The molecule has 7 heteroatoms. The minimum absolute atomic E-state index is 0.102. The van der Waals surface area contributed by atoms with Crippen LogP contribution in [0.25, 0.3) is 11.4 Å². The first kappa shape index (κ1) is 20.9. The SMILES string of the molecule is C=CCn1c(SC(C)C(=O)N2CCCc3ccccc32)nnc1-c1ccc(Br)cc1. The van der Waals surface area contributed by atoms with Crippen LogP contribution in [0.3, 0.4) is 0 Å². The van der Waals surface area contributed by atoms with Crippen molar-refractivity contribution in [2.75, 3.05) is 11.4 Å². The van der Waals surface area contributed by atoms with E-state index in [9.17, 15) is 4.79 Å². The number of allylic oxidation sites excluding steroid dienone is 1. The number of hydrogen-bond acceptors (Lipinski definition) is 4. The van der Waals surface area contributed by atoms with E-state index < -0.39 is 0 Å². The summed E-state index contributed by atoms with van der Waals surface area (Å²) in [4.78, 5) is 15.2. The van der Waals surface area contributed by atoms with Gasteiger partial charge in [0.1, 0.15) is 0 Å². The van der Waals surface area contributed by atoms with Gasteiger partial charge in [0.05, 0.1) is 5.25 Å². The molecule has 3 aromatic rings. The molecule has 0 spiro atoms. The molecular formula is C23H23BrN4OS. The van der Waals surface area contributed by atoms with Crippen molar-refractivity contribution in [3.63, 3.8) is 0 Å². The maximum Gasteiger partial charge on any atom is 0.240 e. The van der Waals surface area contributed by atoms with Crippen molar-refractivity contribution in [2.45, 2.75) is 36.7 Å². The van der Waals surface area contributed by atoms with Gasteiger partial charge in [-0.25, -0.2) is 0 Å². The summed E-state index contributed by atoms with van der Waals surface area (Å²) in [6.45, 7) is 7.14. The van der Waals surface area contributed by atoms with Crippen molar-refractivity contribution in [1.82, 2.24) is 14.8 Å². The Labute approximate surface area is 189 Å². The summed E-state index contributed by atoms with van der Waals surface area (Å²) in [5, 5.41) is 9.24. The second kappa shape index (κ2) is 9.18. The van der Waals surface area contributed by atoms with E-state index in [4.69, 9.17) is 0 Å². The van der Waals surface area contributed by atoms with Crippen LogP contribution < -0.4 is 4.90 Å². The van der Waals surface area contributed by atoms with Crippen molar-refractivity contribution >= 4 is 39.3 Å². The monoisotopic (exact) mass is 482 g/mol. The number of carbonyl (C=O) groups excluding carboxylic acids is 1. The zero-order valence-corrected chi connectivity index (χ0v) is 19.2. The quantitative estimate of drug-likeness (QED) is 0.350. The molecule has 1 atom stereocenters. The van der Waals surface area contributed by atoms with Gasteiger partial charge in [-0.05, 0) is 43.5 Å². The number of amides is 1. The fourth-order valence-electron chi connectivity index (χ4n) is 3.67. The van der Waals surface area contributed by atoms with Crippen molar-refractivity contribution in [3.8, 4) is 11.4 Å². The van der Waals surface area contributed by atoms with Gasteiger partial charge in [-0.15, -0.1) is 16.8 Å². The van der Waals surface area contributed by atoms with E-state index in [1.165, 1.54) is 17.3 Å². The first-order chi connectivity index (χ1) is 14.6. The summed E-state index contributed by atoms with van der Waals surface area (Å²) in [6, 6.07) is 16.1. The van der Waals surface area contributed by atoms with E-state index in [-0.39, 0.29) is 11.2 Å². The summed E-state index contributed by atoms with van der Waals surface area (Å²) in [6.07, 6.45) is 3.83. The molecule has 1 aliphatic heterocycles. The van der Waals surface area contributed by atoms with E-state index in [0.717, 1.165) is 46.1 Å². The van der Waals surface area contributed by atoms with Gasteiger partial charge in [0.25, 0.3) is 0 Å². The van der Waals surface area contributed by atoms with Gasteiger partial charge in [-0.1, -0.05) is 64.1 Å². The summed E-state index contributed by atoms with van der Waals surface area (Å²) in [5.41, 5.74) is 3.24. The molecule has 0 saturated heterocycles. The fraction of sp³-hybridized carbons (Fsp3) is 0.261. The first-order valence-corrected chi connectivity index (χ1v) is 11.6. The predicted molar refractivity (Wildman–Crippen MR) is 126 cm³/mol. The molecule has 0 aliphatic carbocycles. The normalized spacial score (nSPS) is 14.3. The lowest BCUT2D eigenvalue weighted by molar-refractivity contribution is -0.117. The minimum atomic E-state index is -0.276. The number of hydrogen-bond donors (Lipinski definition) is 0. The highest BCUT2D eigenvalue weighted by Crippen LogP contribution is 2.32. The highest BCUT2D eigenvalue weighted by Gasteiger charge is 2.28. The number of aromatic nitrogens is 3. The second-order valence-electron chi connectivity index (χ2n) is 7.19. The van der Waals surface area contributed by atoms with Crippen molar-refractivity contribution in [3.05, 3.63) is 71.2 Å². The maximum atomic E-state index is 13.3. The number of halogens is 1. The molecule has 1 unspecified atom stereocenters. The molecule has 0 N–H and O–H groups in total. The van der Waals surface area contributed by atoms with Gasteiger partial charge in [0.2, 0.25) is 5.91 Å². The van der Waals surface area contributed by atoms with Crippen LogP contribution >= 0.6 is 27.7 Å². The molecule has 154 valence electrons. The Hall–Kier alpha value is -2.38. The predicted octanol–water partition coefficient (Wildman–Crippen LogP) is 5.35. The topological polar surface area (TPSA) is 51.0 Å². The average Bonchev–Trinajstić information content (AvgIpc) is 3.15. The van der Waals surface area contributed by atoms with Crippen LogP contribution in [0.15, 0.2) is 70.8 Å². The molecule has 1 aromatic heterocycles. The molecule has 0 bridgehead atoms. The molecule has 30 heavy (non-hydrogen) atoms. The first-order valence-electron chi connectivity index (χ1n) is 9.94. The minimum Gasteiger partial charge on any atom is -0.311 e. The Morgan fingerprint density at radius 1 is 1.23 bits per heavy atom. The summed E-state index contributed by atoms with van der Waals surface area (Å²) < 4.78 is 3.02. The third kappa shape index (κ3) is 4.23. The van der Waals surface area contributed by atoms with Crippen molar-refractivity contribution in [1.29, 1.82) is 0 Å². The molecule has 4 rings (SSSR count). The zero-order chi connectivity index (χ0) is 21.1. The van der Waals surface area contributed by atoms with Crippen molar-refractivity contribution in [2.24, 2.45) is 0 Å². The van der Waals surface area contributed by atoms with Crippen LogP contribution in [-0.2, 0) is 17.8 Å². The molecular weight excluding hydrogens is 460 g/mol. The second-order valence-corrected chi connectivity index (χ2v) is 9.42. The molecule has 1 amide bonds. The number of thioether (sulfide) groups is 1. The van der Waals surface area contributed by atoms with E-state index in [1.54, 1.807) is 0 Å². The van der Waals surface area contributed by atoms with Gasteiger partial charge in [0.15, 0.2) is 11.0 Å². The number of rotatable bonds is 6. The molecule has 1 aliphatic rings. The number of nitrogens with zero attached hydrogens (tertiary/aromatic N) is 4. The van der Waals surface area contributed by atoms with Gasteiger partial charge in [-0.3, -0.25) is 9.36 Å². The number of anilines is 1. The van der Waals surface area contributed by atoms with Gasteiger partial charge in [-0.2, -0.15) is 0 Å². The van der Waals surface area contributed by atoms with Crippen LogP contribution in [0.4, 0.5) is 5.69 Å². The highest BCUT2D eigenvalue weighted by atomic mass is 79.9. The molecule has 0 fully saturated rings. The lowest BCUT2D eigenvalue weighted by atomic mass is 10.0. The number of para-hydroxylation sites is 1. The number of benzene rings is 2. The number of fused-ring (bicyclic) bond motifs is 1. The lowest BCUT2D eigenvalue weighted by Crippen LogP contribution is -2.40. The maximum absolute atomic E-state index is 13.3. The molecule has 0 radical (unpaired) electrons. The van der Waals surface area contributed by atoms with E-state index in [2.05, 4.69) is 38.8 Å². The Balaban J connectivity index is 1.57. The molecule has 2 heterocycles. The zero-order valence-electron chi connectivity index (χ0n) is 16.8. The molecule has 0 saturated carbocycles. The van der Waals surface area contributed by atoms with Crippen LogP contribution in [0.5, 0.6) is 0 Å². The van der Waals surface area contributed by atoms with E-state index in [0.29, 0.717) is 6.54 Å². The Bertz CT molecular complexity index is 1060. The van der Waals surface area contributed by atoms with Crippen LogP contribution in [0, 0.1) is 0 Å². The Kier molecular flexibility index (Phi) is 6.39. The standard InChI is InChI=1S/C23H23BrN4OS/c1-3-14-28-21(18-10-12-19(24)13-11-18)25-26-23(28)30-16(2)22(29)27-15-6-8-17-7-4-5-9-20(17)27/h3-5,7,9-13,16H,1,6,8,14-15H2,2H3. The van der Waals surface area contributed by atoms with Crippen LogP contribution in [0.2, 0.25) is 0 Å². The summed E-state index contributed by atoms with van der Waals surface area (Å²) >= 11 is 4.91. The van der Waals surface area contributed by atoms with Gasteiger partial charge >= 0.3 is 0 Å².